The van der Waals surface area contributed by atoms with E-state index in [9.17, 15) is 4.79 Å². The third-order valence-corrected chi connectivity index (χ3v) is 2.27. The smallest absolute Gasteiger partial charge is 0.220 e. The number of rotatable bonds is 5. The maximum atomic E-state index is 11.2. The predicted octanol–water partition coefficient (Wildman–Crippen LogP) is 1.86. The first-order valence-electron chi connectivity index (χ1n) is 4.48. The van der Waals surface area contributed by atoms with Crippen LogP contribution >= 0.6 is 12.6 Å². The van der Waals surface area contributed by atoms with Crippen molar-refractivity contribution < 1.29 is 4.79 Å². The highest BCUT2D eigenvalue weighted by molar-refractivity contribution is 7.80. The maximum Gasteiger partial charge on any atom is 0.220 e. The Morgan fingerprint density at radius 3 is 2.42 bits per heavy atom. The van der Waals surface area contributed by atoms with Crippen molar-refractivity contribution >= 4 is 18.5 Å². The summed E-state index contributed by atoms with van der Waals surface area (Å²) in [5.74, 6) is 1.43. The van der Waals surface area contributed by atoms with Gasteiger partial charge < -0.3 is 5.32 Å². The molecule has 0 spiro atoms. The Morgan fingerprint density at radius 2 is 2.00 bits per heavy atom. The summed E-state index contributed by atoms with van der Waals surface area (Å²) in [5, 5.41) is 2.94. The SMILES string of the molecule is CC(C)C(C)NC(=O)CCCS. The molecule has 0 saturated heterocycles. The second-order valence-electron chi connectivity index (χ2n) is 3.43. The van der Waals surface area contributed by atoms with Crippen LogP contribution in [-0.2, 0) is 4.79 Å². The van der Waals surface area contributed by atoms with Crippen LogP contribution in [0.4, 0.5) is 0 Å². The molecule has 0 aliphatic heterocycles. The molecule has 1 atom stereocenters. The molecule has 0 aliphatic rings. The first-order chi connectivity index (χ1) is 5.57. The lowest BCUT2D eigenvalue weighted by Crippen LogP contribution is -2.35. The van der Waals surface area contributed by atoms with Crippen LogP contribution in [0.3, 0.4) is 0 Å². The van der Waals surface area contributed by atoms with Crippen molar-refractivity contribution in [1.29, 1.82) is 0 Å². The Balaban J connectivity index is 3.54. The minimum atomic E-state index is 0.144. The zero-order valence-electron chi connectivity index (χ0n) is 8.13. The van der Waals surface area contributed by atoms with Gasteiger partial charge in [0.1, 0.15) is 0 Å². The lowest BCUT2D eigenvalue weighted by Gasteiger charge is -2.17. The minimum Gasteiger partial charge on any atom is -0.353 e. The average Bonchev–Trinajstić information content (AvgIpc) is 2.00. The van der Waals surface area contributed by atoms with Gasteiger partial charge >= 0.3 is 0 Å². The quantitative estimate of drug-likeness (QED) is 0.635. The summed E-state index contributed by atoms with van der Waals surface area (Å²) in [6.45, 7) is 6.23. The molecule has 1 amide bonds. The van der Waals surface area contributed by atoms with E-state index in [1.807, 2.05) is 6.92 Å². The molecule has 1 unspecified atom stereocenters. The summed E-state index contributed by atoms with van der Waals surface area (Å²) < 4.78 is 0. The molecule has 1 N–H and O–H groups in total. The zero-order chi connectivity index (χ0) is 9.56. The Kier molecular flexibility index (Phi) is 6.25. The van der Waals surface area contributed by atoms with Crippen molar-refractivity contribution in [2.75, 3.05) is 5.75 Å². The minimum absolute atomic E-state index is 0.144. The van der Waals surface area contributed by atoms with Crippen LogP contribution in [0.2, 0.25) is 0 Å². The average molecular weight is 189 g/mol. The molecule has 72 valence electrons. The summed E-state index contributed by atoms with van der Waals surface area (Å²) in [4.78, 5) is 11.2. The summed E-state index contributed by atoms with van der Waals surface area (Å²) in [6.07, 6.45) is 1.46. The maximum absolute atomic E-state index is 11.2. The fraction of sp³-hybridized carbons (Fsp3) is 0.889. The van der Waals surface area contributed by atoms with Gasteiger partial charge in [-0.3, -0.25) is 4.79 Å². The molecule has 3 heteroatoms. The molecule has 0 aromatic carbocycles. The van der Waals surface area contributed by atoms with Crippen molar-refractivity contribution in [3.05, 3.63) is 0 Å². The van der Waals surface area contributed by atoms with Crippen molar-refractivity contribution in [2.24, 2.45) is 5.92 Å². The largest absolute Gasteiger partial charge is 0.353 e. The second-order valence-corrected chi connectivity index (χ2v) is 3.87. The van der Waals surface area contributed by atoms with Crippen LogP contribution in [0.5, 0.6) is 0 Å². The van der Waals surface area contributed by atoms with Crippen LogP contribution in [-0.4, -0.2) is 17.7 Å². The van der Waals surface area contributed by atoms with Gasteiger partial charge in [-0.15, -0.1) is 0 Å². The van der Waals surface area contributed by atoms with Gasteiger partial charge in [0.05, 0.1) is 0 Å². The Morgan fingerprint density at radius 1 is 1.42 bits per heavy atom. The molecule has 0 aromatic heterocycles. The van der Waals surface area contributed by atoms with Crippen molar-refractivity contribution in [3.63, 3.8) is 0 Å². The number of carbonyl (C=O) groups excluding carboxylic acids is 1. The first-order valence-corrected chi connectivity index (χ1v) is 5.11. The molecule has 12 heavy (non-hydrogen) atoms. The summed E-state index contributed by atoms with van der Waals surface area (Å²) >= 11 is 4.05. The van der Waals surface area contributed by atoms with Crippen LogP contribution in [0.15, 0.2) is 0 Å². The van der Waals surface area contributed by atoms with Crippen LogP contribution in [0.1, 0.15) is 33.6 Å². The predicted molar refractivity (Wildman–Crippen MR) is 55.5 cm³/mol. The summed E-state index contributed by atoms with van der Waals surface area (Å²) in [7, 11) is 0. The Bertz CT molecular complexity index is 136. The fourth-order valence-electron chi connectivity index (χ4n) is 0.732. The van der Waals surface area contributed by atoms with Crippen LogP contribution in [0.25, 0.3) is 0 Å². The zero-order valence-corrected chi connectivity index (χ0v) is 9.03. The summed E-state index contributed by atoms with van der Waals surface area (Å²) in [5.41, 5.74) is 0. The molecule has 2 nitrogen and oxygen atoms in total. The van der Waals surface area contributed by atoms with Crippen LogP contribution in [0, 0.1) is 5.92 Å². The van der Waals surface area contributed by atoms with E-state index in [0.717, 1.165) is 12.2 Å². The number of amides is 1. The molecule has 0 fully saturated rings. The number of hydrogen-bond acceptors (Lipinski definition) is 2. The highest BCUT2D eigenvalue weighted by Crippen LogP contribution is 2.00. The first kappa shape index (κ1) is 11.8. The highest BCUT2D eigenvalue weighted by atomic mass is 32.1. The number of hydrogen-bond donors (Lipinski definition) is 2. The van der Waals surface area contributed by atoms with E-state index in [4.69, 9.17) is 0 Å². The third kappa shape index (κ3) is 5.47. The van der Waals surface area contributed by atoms with E-state index >= 15 is 0 Å². The van der Waals surface area contributed by atoms with Crippen molar-refractivity contribution in [2.45, 2.75) is 39.7 Å². The highest BCUT2D eigenvalue weighted by Gasteiger charge is 2.09. The Labute approximate surface area is 80.5 Å². The third-order valence-electron chi connectivity index (χ3n) is 1.95. The topological polar surface area (TPSA) is 29.1 Å². The lowest BCUT2D eigenvalue weighted by atomic mass is 10.1. The van der Waals surface area contributed by atoms with Gasteiger partial charge in [-0.05, 0) is 25.0 Å². The monoisotopic (exact) mass is 189 g/mol. The molecule has 0 saturated carbocycles. The van der Waals surface area contributed by atoms with Gasteiger partial charge in [0.15, 0.2) is 0 Å². The summed E-state index contributed by atoms with van der Waals surface area (Å²) in [6, 6.07) is 0.275. The van der Waals surface area contributed by atoms with Gasteiger partial charge in [-0.25, -0.2) is 0 Å². The molecule has 0 rings (SSSR count). The fourth-order valence-corrected chi connectivity index (χ4v) is 0.890. The lowest BCUT2D eigenvalue weighted by molar-refractivity contribution is -0.121. The van der Waals surface area contributed by atoms with Gasteiger partial charge in [0, 0.05) is 12.5 Å². The molecular weight excluding hydrogens is 170 g/mol. The standard InChI is InChI=1S/C9H19NOS/c1-7(2)8(3)10-9(11)5-4-6-12/h7-8,12H,4-6H2,1-3H3,(H,10,11). The van der Waals surface area contributed by atoms with Gasteiger partial charge in [0.2, 0.25) is 5.91 Å². The van der Waals surface area contributed by atoms with Crippen molar-refractivity contribution in [3.8, 4) is 0 Å². The van der Waals surface area contributed by atoms with E-state index in [0.29, 0.717) is 12.3 Å². The van der Waals surface area contributed by atoms with Crippen LogP contribution < -0.4 is 5.32 Å². The molecule has 0 radical (unpaired) electrons. The van der Waals surface area contributed by atoms with E-state index in [1.165, 1.54) is 0 Å². The van der Waals surface area contributed by atoms with E-state index in [1.54, 1.807) is 0 Å². The van der Waals surface area contributed by atoms with Crippen molar-refractivity contribution in [1.82, 2.24) is 5.32 Å². The second kappa shape index (κ2) is 6.35. The van der Waals surface area contributed by atoms with Gasteiger partial charge in [-0.1, -0.05) is 13.8 Å². The molecular formula is C9H19NOS. The van der Waals surface area contributed by atoms with Gasteiger partial charge in [-0.2, -0.15) is 12.6 Å². The van der Waals surface area contributed by atoms with E-state index < -0.39 is 0 Å². The Hall–Kier alpha value is -0.180. The molecule has 0 heterocycles. The normalized spacial score (nSPS) is 13.1. The number of nitrogens with one attached hydrogen (secondary N) is 1. The van der Waals surface area contributed by atoms with E-state index in [-0.39, 0.29) is 11.9 Å². The van der Waals surface area contributed by atoms with Gasteiger partial charge in [0.25, 0.3) is 0 Å². The van der Waals surface area contributed by atoms with E-state index in [2.05, 4.69) is 31.8 Å². The molecule has 0 aliphatic carbocycles. The molecule has 0 aromatic rings. The number of carbonyl (C=O) groups is 1. The number of thiol groups is 1. The molecule has 0 bridgehead atoms.